The van der Waals surface area contributed by atoms with Crippen LogP contribution >= 0.6 is 0 Å². The molecule has 1 aliphatic heterocycles. The molecule has 9 nitrogen and oxygen atoms in total. The monoisotopic (exact) mass is 321 g/mol. The van der Waals surface area contributed by atoms with Crippen molar-refractivity contribution >= 4 is 22.8 Å². The van der Waals surface area contributed by atoms with E-state index in [4.69, 9.17) is 5.26 Å². The zero-order chi connectivity index (χ0) is 16.7. The average Bonchev–Trinajstić information content (AvgIpc) is 2.95. The van der Waals surface area contributed by atoms with Crippen LogP contribution in [0.25, 0.3) is 11.2 Å². The number of nitriles is 1. The second-order valence-electron chi connectivity index (χ2n) is 5.74. The predicted molar refractivity (Wildman–Crippen MR) is 87.5 cm³/mol. The first kappa shape index (κ1) is 14.3. The molecule has 3 aromatic rings. The molecule has 0 bridgehead atoms. The standard InChI is InChI=1S/C15H15N9/c1-22-9-21-12-14(22)19-8-20-15(12)23(2)10-6-24(7-10)13-11(5-16)17-3-4-18-13/h3-4,8-10H,6-7H2,1-2H3. The van der Waals surface area contributed by atoms with Gasteiger partial charge >= 0.3 is 0 Å². The summed E-state index contributed by atoms with van der Waals surface area (Å²) < 4.78 is 1.88. The summed E-state index contributed by atoms with van der Waals surface area (Å²) in [6.45, 7) is 1.50. The number of fused-ring (bicyclic) bond motifs is 1. The van der Waals surface area contributed by atoms with Crippen LogP contribution in [-0.2, 0) is 7.05 Å². The van der Waals surface area contributed by atoms with Gasteiger partial charge in [0.15, 0.2) is 28.5 Å². The maximum absolute atomic E-state index is 9.14. The molecule has 0 N–H and O–H groups in total. The summed E-state index contributed by atoms with van der Waals surface area (Å²) in [5.74, 6) is 1.44. The van der Waals surface area contributed by atoms with Gasteiger partial charge in [-0.2, -0.15) is 5.26 Å². The van der Waals surface area contributed by atoms with Gasteiger partial charge in [-0.1, -0.05) is 0 Å². The van der Waals surface area contributed by atoms with Crippen molar-refractivity contribution in [3.05, 3.63) is 30.7 Å². The van der Waals surface area contributed by atoms with Crippen LogP contribution in [-0.4, -0.2) is 55.7 Å². The second kappa shape index (κ2) is 5.42. The third kappa shape index (κ3) is 2.11. The maximum Gasteiger partial charge on any atom is 0.183 e. The Bertz CT molecular complexity index is 936. The van der Waals surface area contributed by atoms with Gasteiger partial charge in [0.25, 0.3) is 0 Å². The normalized spacial score (nSPS) is 14.5. The Balaban J connectivity index is 1.55. The van der Waals surface area contributed by atoms with Crippen molar-refractivity contribution in [3.8, 4) is 6.07 Å². The highest BCUT2D eigenvalue weighted by Gasteiger charge is 2.34. The van der Waals surface area contributed by atoms with Crippen molar-refractivity contribution < 1.29 is 0 Å². The van der Waals surface area contributed by atoms with Gasteiger partial charge in [-0.05, 0) is 0 Å². The third-order valence-corrected chi connectivity index (χ3v) is 4.31. The second-order valence-corrected chi connectivity index (χ2v) is 5.74. The molecule has 0 aliphatic carbocycles. The van der Waals surface area contributed by atoms with E-state index in [-0.39, 0.29) is 6.04 Å². The van der Waals surface area contributed by atoms with Gasteiger partial charge in [0.05, 0.1) is 12.4 Å². The molecular formula is C15H15N9. The van der Waals surface area contributed by atoms with Crippen LogP contribution in [0.4, 0.5) is 11.6 Å². The number of nitrogens with zero attached hydrogens (tertiary/aromatic N) is 9. The van der Waals surface area contributed by atoms with Crippen LogP contribution in [0, 0.1) is 11.3 Å². The van der Waals surface area contributed by atoms with Gasteiger partial charge in [-0.3, -0.25) is 0 Å². The Morgan fingerprint density at radius 2 is 1.96 bits per heavy atom. The molecule has 4 heterocycles. The molecule has 0 amide bonds. The zero-order valence-corrected chi connectivity index (χ0v) is 13.3. The van der Waals surface area contributed by atoms with Gasteiger partial charge < -0.3 is 14.4 Å². The van der Waals surface area contributed by atoms with Crippen LogP contribution in [0.5, 0.6) is 0 Å². The quantitative estimate of drug-likeness (QED) is 0.681. The zero-order valence-electron chi connectivity index (χ0n) is 13.3. The van der Waals surface area contributed by atoms with E-state index in [0.717, 1.165) is 30.1 Å². The van der Waals surface area contributed by atoms with E-state index in [2.05, 4.69) is 35.9 Å². The molecule has 1 aliphatic rings. The molecule has 0 unspecified atom stereocenters. The lowest BCUT2D eigenvalue weighted by Gasteiger charge is -2.44. The summed E-state index contributed by atoms with van der Waals surface area (Å²) in [6.07, 6.45) is 6.43. The first-order chi connectivity index (χ1) is 11.7. The number of likely N-dealkylation sites (N-methyl/N-ethyl adjacent to an activating group) is 1. The van der Waals surface area contributed by atoms with E-state index >= 15 is 0 Å². The molecule has 0 radical (unpaired) electrons. The smallest absolute Gasteiger partial charge is 0.183 e. The van der Waals surface area contributed by atoms with Gasteiger partial charge in [-0.25, -0.2) is 24.9 Å². The average molecular weight is 321 g/mol. The predicted octanol–water partition coefficient (Wildman–Crippen LogP) is 0.350. The Morgan fingerprint density at radius 1 is 1.17 bits per heavy atom. The number of hydrogen-bond donors (Lipinski definition) is 0. The lowest BCUT2D eigenvalue weighted by Crippen LogP contribution is -2.59. The van der Waals surface area contributed by atoms with Crippen LogP contribution in [0.2, 0.25) is 0 Å². The fourth-order valence-electron chi connectivity index (χ4n) is 2.88. The number of aryl methyl sites for hydroxylation is 1. The summed E-state index contributed by atoms with van der Waals surface area (Å²) in [4.78, 5) is 25.6. The lowest BCUT2D eigenvalue weighted by molar-refractivity contribution is 0.489. The van der Waals surface area contributed by atoms with E-state index in [0.29, 0.717) is 11.5 Å². The molecule has 4 rings (SSSR count). The van der Waals surface area contributed by atoms with Crippen LogP contribution < -0.4 is 9.80 Å². The van der Waals surface area contributed by atoms with Crippen molar-refractivity contribution in [2.24, 2.45) is 7.05 Å². The summed E-state index contributed by atoms with van der Waals surface area (Å²) in [7, 11) is 3.91. The molecule has 3 aromatic heterocycles. The maximum atomic E-state index is 9.14. The van der Waals surface area contributed by atoms with E-state index in [1.54, 1.807) is 18.9 Å². The van der Waals surface area contributed by atoms with Gasteiger partial charge in [0, 0.05) is 39.6 Å². The van der Waals surface area contributed by atoms with E-state index < -0.39 is 0 Å². The van der Waals surface area contributed by atoms with Crippen molar-refractivity contribution in [2.45, 2.75) is 6.04 Å². The molecule has 0 atom stereocenters. The Kier molecular flexibility index (Phi) is 3.23. The molecule has 24 heavy (non-hydrogen) atoms. The SMILES string of the molecule is CN(c1ncnc2c1ncn2C)C1CN(c2nccnc2C#N)C1. The minimum atomic E-state index is 0.263. The summed E-state index contributed by atoms with van der Waals surface area (Å²) in [5, 5.41) is 9.14. The number of anilines is 2. The minimum absolute atomic E-state index is 0.263. The molecule has 1 saturated heterocycles. The minimum Gasteiger partial charge on any atom is -0.351 e. The Hall–Kier alpha value is -3.28. The highest BCUT2D eigenvalue weighted by atomic mass is 15.4. The number of hydrogen-bond acceptors (Lipinski definition) is 8. The van der Waals surface area contributed by atoms with E-state index in [9.17, 15) is 0 Å². The molecule has 1 fully saturated rings. The highest BCUT2D eigenvalue weighted by molar-refractivity contribution is 5.83. The van der Waals surface area contributed by atoms with Crippen molar-refractivity contribution in [1.82, 2.24) is 29.5 Å². The van der Waals surface area contributed by atoms with E-state index in [1.807, 2.05) is 23.6 Å². The Labute approximate surface area is 138 Å². The topological polar surface area (TPSA) is 99.7 Å². The fraction of sp³-hybridized carbons (Fsp3) is 0.333. The van der Waals surface area contributed by atoms with Crippen molar-refractivity contribution in [1.29, 1.82) is 5.26 Å². The van der Waals surface area contributed by atoms with Crippen LogP contribution in [0.15, 0.2) is 25.0 Å². The fourth-order valence-corrected chi connectivity index (χ4v) is 2.88. The molecule has 9 heteroatoms. The molecule has 120 valence electrons. The van der Waals surface area contributed by atoms with Crippen molar-refractivity contribution in [2.75, 3.05) is 29.9 Å². The molecule has 0 aromatic carbocycles. The van der Waals surface area contributed by atoms with Crippen molar-refractivity contribution in [3.63, 3.8) is 0 Å². The van der Waals surface area contributed by atoms with Crippen LogP contribution in [0.3, 0.4) is 0 Å². The Morgan fingerprint density at radius 3 is 2.75 bits per heavy atom. The van der Waals surface area contributed by atoms with Gasteiger partial charge in [0.1, 0.15) is 12.4 Å². The number of rotatable bonds is 3. The summed E-state index contributed by atoms with van der Waals surface area (Å²) in [6, 6.07) is 2.35. The summed E-state index contributed by atoms with van der Waals surface area (Å²) >= 11 is 0. The molecular weight excluding hydrogens is 306 g/mol. The summed E-state index contributed by atoms with van der Waals surface area (Å²) in [5.41, 5.74) is 1.95. The molecule has 0 saturated carbocycles. The first-order valence-electron chi connectivity index (χ1n) is 7.50. The largest absolute Gasteiger partial charge is 0.351 e. The first-order valence-corrected chi connectivity index (χ1v) is 7.50. The number of aromatic nitrogens is 6. The van der Waals surface area contributed by atoms with Gasteiger partial charge in [-0.15, -0.1) is 0 Å². The van der Waals surface area contributed by atoms with Gasteiger partial charge in [0.2, 0.25) is 0 Å². The lowest BCUT2D eigenvalue weighted by atomic mass is 10.1. The highest BCUT2D eigenvalue weighted by Crippen LogP contribution is 2.28. The van der Waals surface area contributed by atoms with Crippen LogP contribution in [0.1, 0.15) is 5.69 Å². The number of imidazole rings is 1. The third-order valence-electron chi connectivity index (χ3n) is 4.31. The molecule has 0 spiro atoms. The van der Waals surface area contributed by atoms with E-state index in [1.165, 1.54) is 6.20 Å².